The fourth-order valence-electron chi connectivity index (χ4n) is 3.52. The van der Waals surface area contributed by atoms with Crippen molar-refractivity contribution in [3.63, 3.8) is 0 Å². The van der Waals surface area contributed by atoms with E-state index < -0.39 is 6.10 Å². The number of aryl methyl sites for hydroxylation is 2. The lowest BCUT2D eigenvalue weighted by Gasteiger charge is -2.19. The molecular formula is C25H25NO3. The topological polar surface area (TPSA) is 47.6 Å². The van der Waals surface area contributed by atoms with Crippen molar-refractivity contribution in [1.82, 2.24) is 0 Å². The molecule has 148 valence electrons. The monoisotopic (exact) mass is 387 g/mol. The normalized spacial score (nSPS) is 13.8. The zero-order chi connectivity index (χ0) is 20.1. The Labute approximate surface area is 171 Å². The number of carbonyl (C=O) groups is 1. The Morgan fingerprint density at radius 1 is 0.828 bits per heavy atom. The van der Waals surface area contributed by atoms with Crippen molar-refractivity contribution in [3.05, 3.63) is 83.9 Å². The van der Waals surface area contributed by atoms with Crippen molar-refractivity contribution in [2.45, 2.75) is 38.7 Å². The van der Waals surface area contributed by atoms with Crippen LogP contribution in [0.4, 0.5) is 5.69 Å². The predicted molar refractivity (Wildman–Crippen MR) is 115 cm³/mol. The molecule has 0 saturated heterocycles. The van der Waals surface area contributed by atoms with Gasteiger partial charge in [0.1, 0.15) is 17.2 Å². The molecule has 3 aromatic carbocycles. The Kier molecular flexibility index (Phi) is 5.80. The Morgan fingerprint density at radius 2 is 1.48 bits per heavy atom. The molecule has 3 aromatic rings. The summed E-state index contributed by atoms with van der Waals surface area (Å²) in [6, 6.07) is 23.1. The first-order valence-corrected chi connectivity index (χ1v) is 10.1. The minimum Gasteiger partial charge on any atom is -0.481 e. The summed E-state index contributed by atoms with van der Waals surface area (Å²) >= 11 is 0. The zero-order valence-corrected chi connectivity index (χ0v) is 16.6. The maximum Gasteiger partial charge on any atom is 0.265 e. The molecule has 4 rings (SSSR count). The second kappa shape index (κ2) is 8.82. The van der Waals surface area contributed by atoms with Crippen LogP contribution in [-0.4, -0.2) is 12.0 Å². The van der Waals surface area contributed by atoms with E-state index in [0.29, 0.717) is 11.4 Å². The molecule has 1 amide bonds. The second-order valence-electron chi connectivity index (χ2n) is 7.33. The Balaban J connectivity index is 1.33. The molecule has 0 radical (unpaired) electrons. The fourth-order valence-corrected chi connectivity index (χ4v) is 3.52. The van der Waals surface area contributed by atoms with Crippen LogP contribution < -0.4 is 14.8 Å². The summed E-state index contributed by atoms with van der Waals surface area (Å²) in [6.07, 6.45) is 4.11. The lowest BCUT2D eigenvalue weighted by atomic mass is 9.92. The van der Waals surface area contributed by atoms with Crippen LogP contribution in [0.15, 0.2) is 72.8 Å². The SMILES string of the molecule is C[C@H](Oc1ccc2c(c1)CCCC2)C(=O)Nc1ccc(Oc2ccccc2)cc1. The molecule has 1 N–H and O–H groups in total. The zero-order valence-electron chi connectivity index (χ0n) is 16.6. The third-order valence-corrected chi connectivity index (χ3v) is 5.10. The van der Waals surface area contributed by atoms with E-state index in [4.69, 9.17) is 9.47 Å². The summed E-state index contributed by atoms with van der Waals surface area (Å²) in [6.45, 7) is 1.77. The summed E-state index contributed by atoms with van der Waals surface area (Å²) in [5, 5.41) is 2.90. The van der Waals surface area contributed by atoms with Crippen LogP contribution in [0.2, 0.25) is 0 Å². The van der Waals surface area contributed by atoms with Gasteiger partial charge in [0.15, 0.2) is 6.10 Å². The summed E-state index contributed by atoms with van der Waals surface area (Å²) in [5.74, 6) is 2.06. The molecule has 0 heterocycles. The van der Waals surface area contributed by atoms with Gasteiger partial charge in [-0.05, 0) is 92.3 Å². The maximum absolute atomic E-state index is 12.5. The molecule has 4 nitrogen and oxygen atoms in total. The molecule has 0 saturated carbocycles. The molecule has 1 atom stereocenters. The van der Waals surface area contributed by atoms with E-state index in [1.165, 1.54) is 24.0 Å². The van der Waals surface area contributed by atoms with Crippen LogP contribution in [0.1, 0.15) is 30.9 Å². The lowest BCUT2D eigenvalue weighted by molar-refractivity contribution is -0.122. The number of rotatable bonds is 6. The van der Waals surface area contributed by atoms with Crippen LogP contribution >= 0.6 is 0 Å². The van der Waals surface area contributed by atoms with E-state index in [1.54, 1.807) is 6.92 Å². The first kappa shape index (κ1) is 19.1. The van der Waals surface area contributed by atoms with Gasteiger partial charge in [0.2, 0.25) is 0 Å². The lowest BCUT2D eigenvalue weighted by Crippen LogP contribution is -2.30. The van der Waals surface area contributed by atoms with Gasteiger partial charge in [-0.25, -0.2) is 0 Å². The fraction of sp³-hybridized carbons (Fsp3) is 0.240. The van der Waals surface area contributed by atoms with Crippen LogP contribution in [0.5, 0.6) is 17.2 Å². The summed E-state index contributed by atoms with van der Waals surface area (Å²) < 4.78 is 11.7. The van der Waals surface area contributed by atoms with Gasteiger partial charge in [-0.3, -0.25) is 4.79 Å². The number of para-hydroxylation sites is 1. The van der Waals surface area contributed by atoms with Crippen molar-refractivity contribution in [3.8, 4) is 17.2 Å². The average molecular weight is 387 g/mol. The molecule has 1 aliphatic carbocycles. The van der Waals surface area contributed by atoms with Crippen molar-refractivity contribution >= 4 is 11.6 Å². The van der Waals surface area contributed by atoms with Gasteiger partial charge in [0, 0.05) is 5.69 Å². The highest BCUT2D eigenvalue weighted by Gasteiger charge is 2.16. The van der Waals surface area contributed by atoms with Gasteiger partial charge in [-0.15, -0.1) is 0 Å². The largest absolute Gasteiger partial charge is 0.481 e. The number of fused-ring (bicyclic) bond motifs is 1. The number of benzene rings is 3. The standard InChI is InChI=1S/C25H25NO3/c1-18(28-24-14-11-19-7-5-6-8-20(19)17-24)25(27)26-21-12-15-23(16-13-21)29-22-9-3-2-4-10-22/h2-4,9-18H,5-8H2,1H3,(H,26,27)/t18-/m0/s1. The van der Waals surface area contributed by atoms with Crippen LogP contribution in [0, 0.1) is 0 Å². The maximum atomic E-state index is 12.5. The Bertz CT molecular complexity index is 967. The van der Waals surface area contributed by atoms with Crippen LogP contribution in [0.3, 0.4) is 0 Å². The smallest absolute Gasteiger partial charge is 0.265 e. The summed E-state index contributed by atoms with van der Waals surface area (Å²) in [5.41, 5.74) is 3.45. The van der Waals surface area contributed by atoms with Crippen molar-refractivity contribution in [2.75, 3.05) is 5.32 Å². The quantitative estimate of drug-likeness (QED) is 0.585. The van der Waals surface area contributed by atoms with Gasteiger partial charge < -0.3 is 14.8 Å². The molecule has 0 aliphatic heterocycles. The van der Waals surface area contributed by atoms with Crippen molar-refractivity contribution in [2.24, 2.45) is 0 Å². The average Bonchev–Trinajstić information content (AvgIpc) is 2.76. The highest BCUT2D eigenvalue weighted by atomic mass is 16.5. The summed E-state index contributed by atoms with van der Waals surface area (Å²) in [4.78, 5) is 12.5. The number of anilines is 1. The van der Waals surface area contributed by atoms with E-state index in [9.17, 15) is 4.79 Å². The Hall–Kier alpha value is -3.27. The number of hydrogen-bond donors (Lipinski definition) is 1. The number of nitrogens with one attached hydrogen (secondary N) is 1. The number of carbonyl (C=O) groups excluding carboxylic acids is 1. The van der Waals surface area contributed by atoms with Crippen molar-refractivity contribution in [1.29, 1.82) is 0 Å². The molecule has 0 fully saturated rings. The third-order valence-electron chi connectivity index (χ3n) is 5.10. The van der Waals surface area contributed by atoms with Crippen molar-refractivity contribution < 1.29 is 14.3 Å². The molecule has 0 unspecified atom stereocenters. The highest BCUT2D eigenvalue weighted by Crippen LogP contribution is 2.26. The molecule has 4 heteroatoms. The van der Waals surface area contributed by atoms with Gasteiger partial charge in [0.05, 0.1) is 0 Å². The molecule has 0 bridgehead atoms. The molecule has 29 heavy (non-hydrogen) atoms. The van der Waals surface area contributed by atoms with Gasteiger partial charge in [-0.1, -0.05) is 24.3 Å². The van der Waals surface area contributed by atoms with Gasteiger partial charge in [0.25, 0.3) is 5.91 Å². The van der Waals surface area contributed by atoms with Gasteiger partial charge in [-0.2, -0.15) is 0 Å². The molecular weight excluding hydrogens is 362 g/mol. The molecule has 0 aromatic heterocycles. The summed E-state index contributed by atoms with van der Waals surface area (Å²) in [7, 11) is 0. The predicted octanol–water partition coefficient (Wildman–Crippen LogP) is 5.76. The van der Waals surface area contributed by atoms with E-state index in [1.807, 2.05) is 60.7 Å². The van der Waals surface area contributed by atoms with E-state index in [0.717, 1.165) is 24.3 Å². The molecule has 0 spiro atoms. The highest BCUT2D eigenvalue weighted by molar-refractivity contribution is 5.94. The van der Waals surface area contributed by atoms with Crippen LogP contribution in [-0.2, 0) is 17.6 Å². The number of ether oxygens (including phenoxy) is 2. The van der Waals surface area contributed by atoms with E-state index in [-0.39, 0.29) is 5.91 Å². The minimum absolute atomic E-state index is 0.181. The second-order valence-corrected chi connectivity index (χ2v) is 7.33. The van der Waals surface area contributed by atoms with E-state index in [2.05, 4.69) is 17.4 Å². The molecule has 1 aliphatic rings. The minimum atomic E-state index is -0.586. The van der Waals surface area contributed by atoms with Crippen LogP contribution in [0.25, 0.3) is 0 Å². The number of amides is 1. The third kappa shape index (κ3) is 4.96. The van der Waals surface area contributed by atoms with E-state index >= 15 is 0 Å². The van der Waals surface area contributed by atoms with Gasteiger partial charge >= 0.3 is 0 Å². The Morgan fingerprint density at radius 3 is 2.24 bits per heavy atom. The number of hydrogen-bond acceptors (Lipinski definition) is 3. The first-order valence-electron chi connectivity index (χ1n) is 10.1. The first-order chi connectivity index (χ1) is 14.2.